The van der Waals surface area contributed by atoms with E-state index < -0.39 is 11.9 Å². The molecule has 0 atom stereocenters. The van der Waals surface area contributed by atoms with Crippen molar-refractivity contribution >= 4 is 57.4 Å². The van der Waals surface area contributed by atoms with Crippen LogP contribution in [0.25, 0.3) is 0 Å². The van der Waals surface area contributed by atoms with E-state index in [4.69, 9.17) is 19.8 Å². The maximum Gasteiger partial charge on any atom is 2.00 e. The molecule has 11 heteroatoms. The average Bonchev–Trinajstić information content (AvgIpc) is 1.25. The molecule has 0 heterocycles. The van der Waals surface area contributed by atoms with Crippen molar-refractivity contribution in [2.24, 2.45) is 0 Å². The third-order valence-electron chi connectivity index (χ3n) is 0. The number of carboxylic acids is 2. The van der Waals surface area contributed by atoms with E-state index in [-0.39, 0.29) is 78.3 Å². The second kappa shape index (κ2) is 64.5. The molecule has 0 radical (unpaired) electrons. The summed E-state index contributed by atoms with van der Waals surface area (Å²) in [5, 5.41) is 17.8. The molecule has 0 amide bonds. The van der Waals surface area contributed by atoms with Gasteiger partial charge in [-0.2, -0.15) is 0 Å². The molecular weight excluding hydrogens is 296 g/mol. The molecule has 0 unspecified atom stereocenters. The molecule has 0 aromatic heterocycles. The van der Waals surface area contributed by atoms with Gasteiger partial charge in [0.25, 0.3) is 0 Å². The normalized spacial score (nSPS) is 3.33. The molecule has 0 fully saturated rings. The summed E-state index contributed by atoms with van der Waals surface area (Å²) < 4.78 is 0. The van der Waals surface area contributed by atoms with E-state index in [1.165, 1.54) is 0 Å². The van der Waals surface area contributed by atoms with E-state index in [0.717, 1.165) is 13.8 Å². The molecule has 0 aromatic carbocycles. The van der Waals surface area contributed by atoms with Crippen molar-refractivity contribution in [1.82, 2.24) is 0 Å². The number of hydrogen-bond acceptors (Lipinski definition) is 4. The number of carbonyl (C=O) groups excluding carboxylic acids is 2. The zero-order valence-corrected chi connectivity index (χ0v) is 11.8. The van der Waals surface area contributed by atoms with E-state index in [1.54, 1.807) is 0 Å². The Morgan fingerprint density at radius 3 is 0.667 bits per heavy atom. The van der Waals surface area contributed by atoms with Gasteiger partial charge in [0.15, 0.2) is 0 Å². The summed E-state index contributed by atoms with van der Waals surface area (Å²) in [6.07, 6.45) is 0. The maximum absolute atomic E-state index is 8.89. The van der Waals surface area contributed by atoms with Crippen molar-refractivity contribution in [3.8, 4) is 0 Å². The molecule has 0 spiro atoms. The first kappa shape index (κ1) is 79.9. The third-order valence-corrected chi connectivity index (χ3v) is 0. The Balaban J connectivity index is -0.00000000468. The first-order chi connectivity index (χ1) is 3.46. The van der Waals surface area contributed by atoms with Crippen LogP contribution >= 0.6 is 0 Å². The zero-order valence-electron chi connectivity index (χ0n) is 8.34. The van der Waals surface area contributed by atoms with E-state index >= 15 is 0 Å². The molecule has 96 valence electrons. The van der Waals surface area contributed by atoms with Crippen molar-refractivity contribution in [2.45, 2.75) is 13.8 Å². The SMILES string of the molecule is CC(=O)[O-].CC(=O)[O-].O.O.O.O.O.O.[Sr+2]. The Morgan fingerprint density at radius 1 is 0.667 bits per heavy atom. The van der Waals surface area contributed by atoms with Gasteiger partial charge in [-0.15, -0.1) is 0 Å². The third kappa shape index (κ3) is 64600. The summed E-state index contributed by atoms with van der Waals surface area (Å²) in [6, 6.07) is 0. The minimum atomic E-state index is -1.08. The summed E-state index contributed by atoms with van der Waals surface area (Å²) in [7, 11) is 0. The predicted molar refractivity (Wildman–Crippen MR) is 48.8 cm³/mol. The minimum absolute atomic E-state index is 0. The van der Waals surface area contributed by atoms with Crippen LogP contribution in [0.1, 0.15) is 13.8 Å². The van der Waals surface area contributed by atoms with E-state index in [0.29, 0.717) is 0 Å². The van der Waals surface area contributed by atoms with Gasteiger partial charge in [-0.25, -0.2) is 0 Å². The monoisotopic (exact) mass is 314 g/mol. The number of carbonyl (C=O) groups is 2. The van der Waals surface area contributed by atoms with Crippen LogP contribution in [0.2, 0.25) is 0 Å². The predicted octanol–water partition coefficient (Wildman–Crippen LogP) is -7.82. The molecule has 0 bridgehead atoms. The van der Waals surface area contributed by atoms with Crippen molar-refractivity contribution in [3.05, 3.63) is 0 Å². The molecule has 0 rings (SSSR count). The largest absolute Gasteiger partial charge is 2.00 e. The van der Waals surface area contributed by atoms with Gasteiger partial charge in [0, 0.05) is 11.9 Å². The minimum Gasteiger partial charge on any atom is -0.550 e. The Kier molecular flexibility index (Phi) is 344. The van der Waals surface area contributed by atoms with Gasteiger partial charge in [-0.3, -0.25) is 0 Å². The fourth-order valence-corrected chi connectivity index (χ4v) is 0. The maximum atomic E-state index is 8.89. The van der Waals surface area contributed by atoms with E-state index in [2.05, 4.69) is 0 Å². The second-order valence-electron chi connectivity index (χ2n) is 0.983. The van der Waals surface area contributed by atoms with Gasteiger partial charge < -0.3 is 52.7 Å². The summed E-state index contributed by atoms with van der Waals surface area (Å²) in [4.78, 5) is 17.8. The Bertz CT molecular complexity index is 75.4. The topological polar surface area (TPSA) is 269 Å². The fraction of sp³-hybridized carbons (Fsp3) is 0.500. The van der Waals surface area contributed by atoms with Gasteiger partial charge in [-0.05, 0) is 13.8 Å². The summed E-state index contributed by atoms with van der Waals surface area (Å²) >= 11 is 0. The number of carboxylic acid groups (broad SMARTS) is 2. The Morgan fingerprint density at radius 2 is 0.667 bits per heavy atom. The van der Waals surface area contributed by atoms with Gasteiger partial charge in [0.1, 0.15) is 0 Å². The first-order valence-electron chi connectivity index (χ1n) is 1.82. The molecule has 0 saturated heterocycles. The van der Waals surface area contributed by atoms with Crippen LogP contribution in [0.15, 0.2) is 0 Å². The van der Waals surface area contributed by atoms with Gasteiger partial charge >= 0.3 is 45.5 Å². The van der Waals surface area contributed by atoms with Crippen molar-refractivity contribution in [3.63, 3.8) is 0 Å². The molecule has 0 aliphatic heterocycles. The van der Waals surface area contributed by atoms with E-state index in [9.17, 15) is 0 Å². The van der Waals surface area contributed by atoms with Crippen LogP contribution in [-0.2, 0) is 9.59 Å². The van der Waals surface area contributed by atoms with Crippen LogP contribution in [0, 0.1) is 0 Å². The Labute approximate surface area is 123 Å². The fourth-order valence-electron chi connectivity index (χ4n) is 0. The van der Waals surface area contributed by atoms with Crippen LogP contribution < -0.4 is 10.2 Å². The quantitative estimate of drug-likeness (QED) is 0.393. The molecule has 12 N–H and O–H groups in total. The zero-order chi connectivity index (χ0) is 7.15. The average molecular weight is 314 g/mol. The van der Waals surface area contributed by atoms with Gasteiger partial charge in [-0.1, -0.05) is 0 Å². The molecular formula is C4H18O10Sr. The number of rotatable bonds is 0. The molecule has 0 aliphatic rings. The van der Waals surface area contributed by atoms with Crippen LogP contribution in [0.3, 0.4) is 0 Å². The second-order valence-corrected chi connectivity index (χ2v) is 0.983. The number of hydrogen-bond donors (Lipinski definition) is 0. The molecule has 0 aliphatic carbocycles. The van der Waals surface area contributed by atoms with Gasteiger partial charge in [0.05, 0.1) is 0 Å². The van der Waals surface area contributed by atoms with Gasteiger partial charge in [0.2, 0.25) is 0 Å². The smallest absolute Gasteiger partial charge is 0.550 e. The summed E-state index contributed by atoms with van der Waals surface area (Å²) in [6.45, 7) is 1.94. The molecule has 0 aromatic rings. The molecule has 10 nitrogen and oxygen atoms in total. The Hall–Kier alpha value is 0.181. The summed E-state index contributed by atoms with van der Waals surface area (Å²) in [5.41, 5.74) is 0. The molecule has 15 heavy (non-hydrogen) atoms. The van der Waals surface area contributed by atoms with Crippen molar-refractivity contribution < 1.29 is 52.7 Å². The van der Waals surface area contributed by atoms with Crippen molar-refractivity contribution in [1.29, 1.82) is 0 Å². The van der Waals surface area contributed by atoms with Crippen LogP contribution in [-0.4, -0.2) is 90.3 Å². The molecule has 0 saturated carbocycles. The first-order valence-corrected chi connectivity index (χ1v) is 1.82. The van der Waals surface area contributed by atoms with Crippen LogP contribution in [0.4, 0.5) is 0 Å². The van der Waals surface area contributed by atoms with E-state index in [1.807, 2.05) is 0 Å². The van der Waals surface area contributed by atoms with Crippen LogP contribution in [0.5, 0.6) is 0 Å². The number of aliphatic carboxylic acids is 2. The standard InChI is InChI=1S/2C2H4O2.6H2O.Sr/c2*1-2(3)4;;;;;;;/h2*1H3,(H,3,4);6*1H2;/q;;;;;;;;+2/p-2. The van der Waals surface area contributed by atoms with Crippen molar-refractivity contribution in [2.75, 3.05) is 0 Å². The summed E-state index contributed by atoms with van der Waals surface area (Å²) in [5.74, 6) is -2.17.